The van der Waals surface area contributed by atoms with Crippen LogP contribution in [0.1, 0.15) is 297 Å². The van der Waals surface area contributed by atoms with Crippen LogP contribution in [0.5, 0.6) is 0 Å². The predicted molar refractivity (Wildman–Crippen MR) is 372 cm³/mol. The van der Waals surface area contributed by atoms with E-state index in [2.05, 4.69) is 101 Å². The van der Waals surface area contributed by atoms with Gasteiger partial charge in [-0.1, -0.05) is 248 Å². The minimum atomic E-state index is -4.98. The lowest BCUT2D eigenvalue weighted by atomic mass is 10.1. The molecule has 0 aliphatic rings. The first kappa shape index (κ1) is 88.2. The summed E-state index contributed by atoms with van der Waals surface area (Å²) >= 11 is 0. The number of carbonyl (C=O) groups is 4. The van der Waals surface area contributed by atoms with E-state index in [0.717, 1.165) is 135 Å². The second-order valence-corrected chi connectivity index (χ2v) is 26.7. The van der Waals surface area contributed by atoms with Crippen LogP contribution >= 0.6 is 15.6 Å². The Kier molecular flexibility index (Phi) is 63.2. The Hall–Kier alpha value is -3.76. The van der Waals surface area contributed by atoms with Crippen LogP contribution < -0.4 is 0 Å². The fourth-order valence-corrected chi connectivity index (χ4v) is 10.9. The van der Waals surface area contributed by atoms with Gasteiger partial charge in [0.1, 0.15) is 19.3 Å². The fraction of sp³-hybridized carbons (Fsp3) is 0.753. The van der Waals surface area contributed by atoms with Gasteiger partial charge in [-0.15, -0.1) is 0 Å². The van der Waals surface area contributed by atoms with Gasteiger partial charge in [-0.3, -0.25) is 37.3 Å². The SMILES string of the molecule is CC/C=C\C/C=C\C/C=C\C/C=C\C/C=C\CCCC(=O)OCC(COP(=O)(O)OCC(O)COP(=O)(O)OCC(COC(=O)CCCCCCC/C=C\CCCCCC)OC(=O)CCCCCCC/C=C\CCCC)OC(=O)CCCCCCCCCCCCC. The Morgan fingerprint density at radius 1 is 0.315 bits per heavy atom. The second kappa shape index (κ2) is 65.9. The highest BCUT2D eigenvalue weighted by Crippen LogP contribution is 2.45. The van der Waals surface area contributed by atoms with Crippen molar-refractivity contribution in [3.63, 3.8) is 0 Å². The second-order valence-electron chi connectivity index (χ2n) is 23.8. The van der Waals surface area contributed by atoms with E-state index >= 15 is 0 Å². The van der Waals surface area contributed by atoms with Crippen molar-refractivity contribution >= 4 is 39.5 Å². The number of hydrogen-bond acceptors (Lipinski definition) is 15. The lowest BCUT2D eigenvalue weighted by molar-refractivity contribution is -0.161. The number of aliphatic hydroxyl groups is 1. The van der Waals surface area contributed by atoms with Crippen molar-refractivity contribution in [3.05, 3.63) is 85.1 Å². The Morgan fingerprint density at radius 2 is 0.587 bits per heavy atom. The molecule has 0 spiro atoms. The summed E-state index contributed by atoms with van der Waals surface area (Å²) < 4.78 is 68.1. The van der Waals surface area contributed by atoms with E-state index in [1.54, 1.807) is 0 Å². The standard InChI is InChI=1S/C73H128O17P2/c1-5-9-13-17-21-25-29-31-32-33-34-36-40-42-46-50-54-58-71(76)84-64-69(90-73(78)60-56-52-48-44-38-28-24-20-16-12-8-4)66-88-92(81,82)86-62-67(74)61-85-91(79,80)87-65-68(89-72(77)59-55-51-47-43-37-27-23-19-15-11-7-3)63-83-70(75)57-53-49-45-41-39-35-30-26-22-18-14-10-6-2/h9,13,19,21,23,25-26,30-32,34,36,42,46,67-69,74H,5-8,10-12,14-18,20,22,24,27-29,33,35,37-41,43-45,47-66H2,1-4H3,(H,79,80)(H,81,82)/b13-9-,23-19-,25-21-,30-26-,32-31-,36-34-,46-42-. The summed E-state index contributed by atoms with van der Waals surface area (Å²) in [6.45, 7) is 4.61. The van der Waals surface area contributed by atoms with Crippen molar-refractivity contribution in [2.24, 2.45) is 0 Å². The summed E-state index contributed by atoms with van der Waals surface area (Å²) in [7, 11) is -9.94. The van der Waals surface area contributed by atoms with Gasteiger partial charge in [0.15, 0.2) is 12.2 Å². The maximum atomic E-state index is 13.0. The van der Waals surface area contributed by atoms with Crippen LogP contribution in [-0.2, 0) is 65.4 Å². The molecule has 0 aliphatic carbocycles. The highest BCUT2D eigenvalue weighted by Gasteiger charge is 2.30. The third kappa shape index (κ3) is 64.9. The molecule has 3 N–H and O–H groups in total. The molecule has 17 nitrogen and oxygen atoms in total. The number of phosphoric acid groups is 2. The average Bonchev–Trinajstić information content (AvgIpc) is 2.31. The van der Waals surface area contributed by atoms with Crippen molar-refractivity contribution in [2.45, 2.75) is 316 Å². The molecule has 0 heterocycles. The maximum absolute atomic E-state index is 13.0. The first-order chi connectivity index (χ1) is 44.7. The molecule has 5 atom stereocenters. The molecule has 0 rings (SSSR count). The largest absolute Gasteiger partial charge is 0.472 e. The fourth-order valence-electron chi connectivity index (χ4n) is 9.35. The Balaban J connectivity index is 5.34. The van der Waals surface area contributed by atoms with Gasteiger partial charge in [0.25, 0.3) is 0 Å². The zero-order valence-electron chi connectivity index (χ0n) is 57.7. The van der Waals surface area contributed by atoms with E-state index in [1.165, 1.54) is 77.0 Å². The molecule has 0 amide bonds. The minimum Gasteiger partial charge on any atom is -0.462 e. The van der Waals surface area contributed by atoms with E-state index in [9.17, 15) is 43.2 Å². The highest BCUT2D eigenvalue weighted by molar-refractivity contribution is 7.47. The van der Waals surface area contributed by atoms with Crippen molar-refractivity contribution in [2.75, 3.05) is 39.6 Å². The van der Waals surface area contributed by atoms with Crippen LogP contribution in [0, 0.1) is 0 Å². The molecule has 0 saturated carbocycles. The molecule has 0 radical (unpaired) electrons. The lowest BCUT2D eigenvalue weighted by Gasteiger charge is -2.21. The molecule has 0 aliphatic heterocycles. The predicted octanol–water partition coefficient (Wildman–Crippen LogP) is 19.9. The highest BCUT2D eigenvalue weighted by atomic mass is 31.2. The monoisotopic (exact) mass is 1340 g/mol. The Labute approximate surface area is 557 Å². The molecular weight excluding hydrogens is 1210 g/mol. The molecular formula is C73H128O17P2. The summed E-state index contributed by atoms with van der Waals surface area (Å²) in [5.74, 6) is -2.25. The smallest absolute Gasteiger partial charge is 0.462 e. The zero-order chi connectivity index (χ0) is 67.5. The molecule has 532 valence electrons. The van der Waals surface area contributed by atoms with Crippen molar-refractivity contribution in [1.82, 2.24) is 0 Å². The summed E-state index contributed by atoms with van der Waals surface area (Å²) in [6.07, 6.45) is 64.6. The third-order valence-electron chi connectivity index (χ3n) is 14.8. The molecule has 0 aromatic rings. The van der Waals surface area contributed by atoms with Gasteiger partial charge in [0.05, 0.1) is 26.4 Å². The minimum absolute atomic E-state index is 0.0836. The molecule has 0 bridgehead atoms. The summed E-state index contributed by atoms with van der Waals surface area (Å²) in [6, 6.07) is 0. The number of carbonyl (C=O) groups excluding carboxylic acids is 4. The van der Waals surface area contributed by atoms with Crippen LogP contribution in [0.3, 0.4) is 0 Å². The third-order valence-corrected chi connectivity index (χ3v) is 16.7. The van der Waals surface area contributed by atoms with Gasteiger partial charge in [-0.05, 0) is 109 Å². The molecule has 5 unspecified atom stereocenters. The molecule has 92 heavy (non-hydrogen) atoms. The number of aliphatic hydroxyl groups excluding tert-OH is 1. The van der Waals surface area contributed by atoms with Crippen molar-refractivity contribution < 1.29 is 80.2 Å². The zero-order valence-corrected chi connectivity index (χ0v) is 59.5. The maximum Gasteiger partial charge on any atom is 0.472 e. The van der Waals surface area contributed by atoms with Gasteiger partial charge in [0, 0.05) is 25.7 Å². The van der Waals surface area contributed by atoms with Gasteiger partial charge < -0.3 is 33.8 Å². The molecule has 19 heteroatoms. The van der Waals surface area contributed by atoms with Gasteiger partial charge in [0.2, 0.25) is 0 Å². The van der Waals surface area contributed by atoms with E-state index in [1.807, 2.05) is 12.2 Å². The Morgan fingerprint density at radius 3 is 0.967 bits per heavy atom. The van der Waals surface area contributed by atoms with Crippen molar-refractivity contribution in [1.29, 1.82) is 0 Å². The van der Waals surface area contributed by atoms with Crippen LogP contribution in [0.2, 0.25) is 0 Å². The molecule has 0 saturated heterocycles. The van der Waals surface area contributed by atoms with E-state index in [4.69, 9.17) is 37.0 Å². The number of esters is 4. The van der Waals surface area contributed by atoms with Crippen LogP contribution in [0.4, 0.5) is 0 Å². The van der Waals surface area contributed by atoms with Gasteiger partial charge in [-0.25, -0.2) is 9.13 Å². The lowest BCUT2D eigenvalue weighted by Crippen LogP contribution is -2.30. The number of hydrogen-bond donors (Lipinski definition) is 3. The van der Waals surface area contributed by atoms with Crippen LogP contribution in [0.25, 0.3) is 0 Å². The normalized spacial score (nSPS) is 14.6. The van der Waals surface area contributed by atoms with Crippen molar-refractivity contribution in [3.8, 4) is 0 Å². The van der Waals surface area contributed by atoms with E-state index < -0.39 is 97.5 Å². The van der Waals surface area contributed by atoms with Gasteiger partial charge in [-0.2, -0.15) is 0 Å². The van der Waals surface area contributed by atoms with Crippen LogP contribution in [-0.4, -0.2) is 96.7 Å². The molecule has 0 aromatic heterocycles. The number of rotatable bonds is 67. The summed E-state index contributed by atoms with van der Waals surface area (Å²) in [5.41, 5.74) is 0. The Bertz CT molecular complexity index is 2090. The first-order valence-corrected chi connectivity index (χ1v) is 38.8. The first-order valence-electron chi connectivity index (χ1n) is 35.8. The number of allylic oxidation sites excluding steroid dienone is 14. The average molecular weight is 1340 g/mol. The number of ether oxygens (including phenoxy) is 4. The molecule has 0 fully saturated rings. The van der Waals surface area contributed by atoms with Crippen LogP contribution in [0.15, 0.2) is 85.1 Å². The quantitative estimate of drug-likeness (QED) is 0.0169. The topological polar surface area (TPSA) is 237 Å². The molecule has 0 aromatic carbocycles. The van der Waals surface area contributed by atoms with E-state index in [-0.39, 0.29) is 25.7 Å². The number of phosphoric ester groups is 2. The summed E-state index contributed by atoms with van der Waals surface area (Å²) in [4.78, 5) is 72.5. The van der Waals surface area contributed by atoms with Gasteiger partial charge >= 0.3 is 39.5 Å². The van der Waals surface area contributed by atoms with E-state index in [0.29, 0.717) is 32.1 Å². The number of unbranched alkanes of at least 4 members (excludes halogenated alkanes) is 27. The summed E-state index contributed by atoms with van der Waals surface area (Å²) in [5, 5.41) is 10.6.